The Balaban J connectivity index is 1.96. The third kappa shape index (κ3) is 2.92. The van der Waals surface area contributed by atoms with Gasteiger partial charge in [-0.1, -0.05) is 6.07 Å². The Bertz CT molecular complexity index is 635. The summed E-state index contributed by atoms with van der Waals surface area (Å²) in [6.07, 6.45) is 2.85. The highest BCUT2D eigenvalue weighted by molar-refractivity contribution is 7.20. The predicted octanol–water partition coefficient (Wildman–Crippen LogP) is 1.75. The van der Waals surface area contributed by atoms with Crippen LogP contribution >= 0.6 is 11.3 Å². The molecule has 3 rings (SSSR count). The standard InChI is InChI=1S/C15H19N3O2S/c1-20-8-7-17-14(19)13-12(10-4-6-16-9-10)11-3-2-5-18-15(11)21-13/h2-3,5,10,16H,4,6-9H2,1H3,(H,17,19)/t10-/m0/s1. The van der Waals surface area contributed by atoms with Gasteiger partial charge in [-0.25, -0.2) is 4.98 Å². The Kier molecular flexibility index (Phi) is 4.48. The third-order valence-corrected chi connectivity index (χ3v) is 4.90. The maximum Gasteiger partial charge on any atom is 0.261 e. The lowest BCUT2D eigenvalue weighted by molar-refractivity contribution is 0.0940. The van der Waals surface area contributed by atoms with E-state index in [1.807, 2.05) is 6.07 Å². The van der Waals surface area contributed by atoms with Gasteiger partial charge < -0.3 is 15.4 Å². The van der Waals surface area contributed by atoms with E-state index in [0.29, 0.717) is 19.1 Å². The molecule has 3 heterocycles. The van der Waals surface area contributed by atoms with Crippen LogP contribution in [0.25, 0.3) is 10.2 Å². The Morgan fingerprint density at radius 1 is 1.62 bits per heavy atom. The normalized spacial score (nSPS) is 18.2. The molecule has 5 nitrogen and oxygen atoms in total. The topological polar surface area (TPSA) is 63.2 Å². The molecule has 0 saturated carbocycles. The smallest absolute Gasteiger partial charge is 0.261 e. The van der Waals surface area contributed by atoms with E-state index >= 15 is 0 Å². The summed E-state index contributed by atoms with van der Waals surface area (Å²) in [4.78, 5) is 18.6. The quantitative estimate of drug-likeness (QED) is 0.826. The summed E-state index contributed by atoms with van der Waals surface area (Å²) in [5, 5.41) is 7.42. The predicted molar refractivity (Wildman–Crippen MR) is 84.1 cm³/mol. The number of carbonyl (C=O) groups is 1. The summed E-state index contributed by atoms with van der Waals surface area (Å²) < 4.78 is 4.98. The van der Waals surface area contributed by atoms with Gasteiger partial charge in [-0.05, 0) is 30.5 Å². The lowest BCUT2D eigenvalue weighted by Gasteiger charge is -2.11. The molecule has 0 bridgehead atoms. The zero-order chi connectivity index (χ0) is 14.7. The van der Waals surface area contributed by atoms with Gasteiger partial charge >= 0.3 is 0 Å². The number of nitrogens with zero attached hydrogens (tertiary/aromatic N) is 1. The van der Waals surface area contributed by atoms with Gasteiger partial charge in [0.25, 0.3) is 5.91 Å². The first-order chi connectivity index (χ1) is 10.3. The van der Waals surface area contributed by atoms with Crippen molar-refractivity contribution in [3.05, 3.63) is 28.8 Å². The molecule has 1 amide bonds. The van der Waals surface area contributed by atoms with Crippen molar-refractivity contribution in [2.75, 3.05) is 33.4 Å². The number of aromatic nitrogens is 1. The fourth-order valence-corrected chi connectivity index (χ4v) is 3.92. The van der Waals surface area contributed by atoms with Crippen LogP contribution in [0.5, 0.6) is 0 Å². The van der Waals surface area contributed by atoms with Crippen molar-refractivity contribution < 1.29 is 9.53 Å². The van der Waals surface area contributed by atoms with Gasteiger partial charge in [0.15, 0.2) is 0 Å². The second-order valence-corrected chi connectivity index (χ2v) is 6.14. The van der Waals surface area contributed by atoms with Crippen LogP contribution in [0.2, 0.25) is 0 Å². The summed E-state index contributed by atoms with van der Waals surface area (Å²) in [6, 6.07) is 4.01. The first kappa shape index (κ1) is 14.4. The van der Waals surface area contributed by atoms with Crippen LogP contribution in [0.15, 0.2) is 18.3 Å². The second-order valence-electron chi connectivity index (χ2n) is 5.14. The highest BCUT2D eigenvalue weighted by Crippen LogP contribution is 2.37. The zero-order valence-corrected chi connectivity index (χ0v) is 12.8. The van der Waals surface area contributed by atoms with E-state index in [4.69, 9.17) is 4.74 Å². The van der Waals surface area contributed by atoms with Crippen molar-refractivity contribution in [1.29, 1.82) is 0 Å². The number of hydrogen-bond acceptors (Lipinski definition) is 5. The molecule has 2 aromatic heterocycles. The monoisotopic (exact) mass is 305 g/mol. The van der Waals surface area contributed by atoms with E-state index < -0.39 is 0 Å². The molecule has 1 saturated heterocycles. The van der Waals surface area contributed by atoms with E-state index in [9.17, 15) is 4.79 Å². The summed E-state index contributed by atoms with van der Waals surface area (Å²) in [7, 11) is 1.63. The van der Waals surface area contributed by atoms with Gasteiger partial charge in [0, 0.05) is 31.8 Å². The molecule has 1 atom stereocenters. The molecular formula is C15H19N3O2S. The summed E-state index contributed by atoms with van der Waals surface area (Å²) in [6.45, 7) is 2.99. The van der Waals surface area contributed by atoms with Crippen LogP contribution in [-0.2, 0) is 4.74 Å². The SMILES string of the molecule is COCCNC(=O)c1sc2ncccc2c1[C@H]1CCNC1. The average Bonchev–Trinajstić information content (AvgIpc) is 3.14. The van der Waals surface area contributed by atoms with Crippen molar-refractivity contribution in [3.8, 4) is 0 Å². The van der Waals surface area contributed by atoms with Gasteiger partial charge in [0.2, 0.25) is 0 Å². The van der Waals surface area contributed by atoms with Gasteiger partial charge in [-0.2, -0.15) is 0 Å². The lowest BCUT2D eigenvalue weighted by Crippen LogP contribution is -2.27. The molecule has 0 spiro atoms. The van der Waals surface area contributed by atoms with Crippen molar-refractivity contribution >= 4 is 27.5 Å². The van der Waals surface area contributed by atoms with Crippen LogP contribution in [0, 0.1) is 0 Å². The van der Waals surface area contributed by atoms with E-state index in [-0.39, 0.29) is 5.91 Å². The summed E-state index contributed by atoms with van der Waals surface area (Å²) in [5.41, 5.74) is 1.16. The Labute approximate surface area is 127 Å². The van der Waals surface area contributed by atoms with Crippen LogP contribution in [0.3, 0.4) is 0 Å². The zero-order valence-electron chi connectivity index (χ0n) is 12.0. The number of carbonyl (C=O) groups excluding carboxylic acids is 1. The molecule has 2 N–H and O–H groups in total. The summed E-state index contributed by atoms with van der Waals surface area (Å²) >= 11 is 1.49. The number of ether oxygens (including phenoxy) is 1. The highest BCUT2D eigenvalue weighted by atomic mass is 32.1. The molecule has 1 aliphatic heterocycles. The molecule has 0 unspecified atom stereocenters. The van der Waals surface area contributed by atoms with E-state index in [1.165, 1.54) is 11.3 Å². The fraction of sp³-hybridized carbons (Fsp3) is 0.467. The minimum atomic E-state index is -0.0167. The van der Waals surface area contributed by atoms with E-state index in [0.717, 1.165) is 40.2 Å². The number of nitrogens with one attached hydrogen (secondary N) is 2. The number of pyridine rings is 1. The first-order valence-electron chi connectivity index (χ1n) is 7.16. The van der Waals surface area contributed by atoms with Crippen LogP contribution in [-0.4, -0.2) is 44.2 Å². The molecule has 1 fully saturated rings. The molecule has 0 aromatic carbocycles. The van der Waals surface area contributed by atoms with E-state index in [1.54, 1.807) is 13.3 Å². The largest absolute Gasteiger partial charge is 0.383 e. The molecule has 1 aliphatic rings. The van der Waals surface area contributed by atoms with Gasteiger partial charge in [-0.15, -0.1) is 11.3 Å². The van der Waals surface area contributed by atoms with Crippen LogP contribution < -0.4 is 10.6 Å². The number of fused-ring (bicyclic) bond motifs is 1. The summed E-state index contributed by atoms with van der Waals surface area (Å²) in [5.74, 6) is 0.378. The number of methoxy groups -OCH3 is 1. The average molecular weight is 305 g/mol. The van der Waals surface area contributed by atoms with Crippen LogP contribution in [0.1, 0.15) is 27.6 Å². The molecule has 112 valence electrons. The molecule has 0 aliphatic carbocycles. The van der Waals surface area contributed by atoms with Crippen LogP contribution in [0.4, 0.5) is 0 Å². The fourth-order valence-electron chi connectivity index (χ4n) is 2.77. The Hall–Kier alpha value is -1.50. The number of hydrogen-bond donors (Lipinski definition) is 2. The number of rotatable bonds is 5. The Morgan fingerprint density at radius 2 is 2.52 bits per heavy atom. The second kappa shape index (κ2) is 6.51. The molecular weight excluding hydrogens is 286 g/mol. The van der Waals surface area contributed by atoms with Gasteiger partial charge in [0.05, 0.1) is 11.5 Å². The molecule has 0 radical (unpaired) electrons. The first-order valence-corrected chi connectivity index (χ1v) is 7.98. The third-order valence-electron chi connectivity index (χ3n) is 3.77. The van der Waals surface area contributed by atoms with Crippen molar-refractivity contribution in [1.82, 2.24) is 15.6 Å². The minimum absolute atomic E-state index is 0.0167. The highest BCUT2D eigenvalue weighted by Gasteiger charge is 2.27. The van der Waals surface area contributed by atoms with Crippen molar-refractivity contribution in [3.63, 3.8) is 0 Å². The van der Waals surface area contributed by atoms with Gasteiger partial charge in [0.1, 0.15) is 4.83 Å². The molecule has 21 heavy (non-hydrogen) atoms. The van der Waals surface area contributed by atoms with Gasteiger partial charge in [-0.3, -0.25) is 4.79 Å². The lowest BCUT2D eigenvalue weighted by atomic mass is 9.95. The van der Waals surface area contributed by atoms with Crippen molar-refractivity contribution in [2.45, 2.75) is 12.3 Å². The maximum atomic E-state index is 12.5. The number of amides is 1. The Morgan fingerprint density at radius 3 is 3.29 bits per heavy atom. The minimum Gasteiger partial charge on any atom is -0.383 e. The van der Waals surface area contributed by atoms with Crippen molar-refractivity contribution in [2.24, 2.45) is 0 Å². The number of thiophene rings is 1. The molecule has 6 heteroatoms. The van der Waals surface area contributed by atoms with E-state index in [2.05, 4.69) is 21.7 Å². The maximum absolute atomic E-state index is 12.5. The molecule has 2 aromatic rings.